The largest absolute Gasteiger partial charge is 1.00 e. The van der Waals surface area contributed by atoms with Gasteiger partial charge in [0, 0.05) is 51.9 Å². The number of carboxylic acids is 2. The van der Waals surface area contributed by atoms with Crippen LogP contribution in [0.5, 0.6) is 0 Å². The van der Waals surface area contributed by atoms with E-state index >= 15 is 0 Å². The fourth-order valence-electron chi connectivity index (χ4n) is 8.44. The normalized spacial score (nSPS) is 18.7. The molecule has 2 aromatic rings. The molecule has 0 amide bonds. The van der Waals surface area contributed by atoms with Gasteiger partial charge in [-0.25, -0.2) is 0 Å². The van der Waals surface area contributed by atoms with Crippen LogP contribution in [0.1, 0.15) is 55.3 Å². The van der Waals surface area contributed by atoms with Gasteiger partial charge in [-0.3, -0.25) is 9.59 Å². The molecule has 4 aliphatic heterocycles. The molecule has 0 spiro atoms. The zero-order valence-corrected chi connectivity index (χ0v) is 45.7. The van der Waals surface area contributed by atoms with Crippen molar-refractivity contribution in [2.45, 2.75) is 32.0 Å². The van der Waals surface area contributed by atoms with Gasteiger partial charge in [0.15, 0.2) is 11.6 Å². The molecule has 0 radical (unpaired) electrons. The van der Waals surface area contributed by atoms with Crippen molar-refractivity contribution in [2.24, 2.45) is 5.92 Å². The predicted molar refractivity (Wildman–Crippen MR) is 248 cm³/mol. The van der Waals surface area contributed by atoms with Gasteiger partial charge in [-0.15, -0.1) is 0 Å². The number of aromatic carboxylic acids is 2. The van der Waals surface area contributed by atoms with Gasteiger partial charge in [0.05, 0.1) is 105 Å². The smallest absolute Gasteiger partial charge is 0.545 e. The number of carboxylic acid groups (broad SMARTS) is 2. The molecule has 6 rings (SSSR count). The van der Waals surface area contributed by atoms with Crippen LogP contribution in [0.2, 0.25) is 0 Å². The van der Waals surface area contributed by atoms with Gasteiger partial charge >= 0.3 is 59.1 Å². The monoisotopic (exact) mass is 1020 g/mol. The quantitative estimate of drug-likeness (QED) is 0.0314. The standard InChI is InChI=1S/C50H62N4O16.2Na/c1-31-41(45(55)33-9-11-37(51)35(29-33)49(57)58)53-13-5-7-39(43(53)47(31)61-3)69-27-25-67-23-21-65-19-17-63-15-16-64-18-20-66-22-24-68-26-28-70-40-8-6-14-54-42(32(2)48(62-4)44(40)54)46(56)34-10-12-38(52)36(30-34)50(59)60;;/h5-14,29-31,41-42,44H,15-28,51-52H2,1-4H3,(H,57,58)(H,59,60);;/q;2*+1/p-2. The molecule has 0 saturated heterocycles. The molecule has 4 N–H and O–H groups in total. The number of ether oxygens (including phenoxy) is 10. The van der Waals surface area contributed by atoms with Crippen LogP contribution >= 0.6 is 0 Å². The first-order valence-corrected chi connectivity index (χ1v) is 22.8. The minimum absolute atomic E-state index is 0. The van der Waals surface area contributed by atoms with Crippen molar-refractivity contribution in [3.8, 4) is 0 Å². The third-order valence-electron chi connectivity index (χ3n) is 11.8. The number of hydrogen-bond donors (Lipinski definition) is 2. The van der Waals surface area contributed by atoms with E-state index in [1.807, 2.05) is 17.9 Å². The van der Waals surface area contributed by atoms with E-state index in [1.165, 1.54) is 50.6 Å². The molecule has 0 fully saturated rings. The fraction of sp³-hybridized carbons (Fsp3) is 0.440. The number of carbonyl (C=O) groups is 4. The molecule has 4 unspecified atom stereocenters. The van der Waals surface area contributed by atoms with Crippen molar-refractivity contribution in [2.75, 3.05) is 118 Å². The number of benzene rings is 2. The first-order valence-electron chi connectivity index (χ1n) is 22.8. The Balaban J connectivity index is 0.00000562. The van der Waals surface area contributed by atoms with Crippen molar-refractivity contribution in [3.63, 3.8) is 0 Å². The summed E-state index contributed by atoms with van der Waals surface area (Å²) in [5.41, 5.74) is 12.8. The molecule has 0 saturated carbocycles. The maximum atomic E-state index is 13.7. The Bertz CT molecular complexity index is 2400. The van der Waals surface area contributed by atoms with Crippen LogP contribution in [0.15, 0.2) is 107 Å². The van der Waals surface area contributed by atoms with E-state index in [2.05, 4.69) is 0 Å². The van der Waals surface area contributed by atoms with Gasteiger partial charge < -0.3 is 88.4 Å². The molecule has 4 aliphatic rings. The van der Waals surface area contributed by atoms with Crippen molar-refractivity contribution in [1.82, 2.24) is 9.80 Å². The van der Waals surface area contributed by atoms with Crippen molar-refractivity contribution in [3.05, 3.63) is 130 Å². The average Bonchev–Trinajstić information content (AvgIpc) is 3.81. The van der Waals surface area contributed by atoms with Gasteiger partial charge in [0.25, 0.3) is 0 Å². The second-order valence-electron chi connectivity index (χ2n) is 16.1. The number of methoxy groups -OCH3 is 2. The van der Waals surface area contributed by atoms with Crippen molar-refractivity contribution in [1.29, 1.82) is 0 Å². The Kier molecular flexibility index (Phi) is 24.8. The Hall–Kier alpha value is -4.68. The number of nitrogens with zero attached hydrogens (tertiary/aromatic N) is 2. The average molecular weight is 1020 g/mol. The number of rotatable bonds is 31. The summed E-state index contributed by atoms with van der Waals surface area (Å²) in [5.74, 6) is -1.68. The van der Waals surface area contributed by atoms with Gasteiger partial charge in [0.1, 0.15) is 60.1 Å². The topological polar surface area (TPSA) is 265 Å². The molecule has 2 aromatic carbocycles. The van der Waals surface area contributed by atoms with Crippen LogP contribution in [-0.4, -0.2) is 158 Å². The number of ketones is 2. The Morgan fingerprint density at radius 1 is 0.597 bits per heavy atom. The molecule has 0 aromatic heterocycles. The SMILES string of the molecule is COC1=C2C(OCCOCCOCCOCCOCCOCCOCCOC3=CC=CN4C(C(=O)c5ccc(N)c(C(=O)[O-])c5)C(C)=C(OC)C34)=CC=CN2C(C(=O)c2ccc(N)c(C(=O)[O-])c2)C1C.[Na+].[Na+]. The molecule has 378 valence electrons. The summed E-state index contributed by atoms with van der Waals surface area (Å²) in [6.45, 7) is 8.57. The summed E-state index contributed by atoms with van der Waals surface area (Å²) in [6.07, 6.45) is 10.7. The van der Waals surface area contributed by atoms with Gasteiger partial charge in [0.2, 0.25) is 0 Å². The predicted octanol–water partition coefficient (Wildman–Crippen LogP) is -4.24. The number of Topliss-reactive ketones (excluding diaryl/α,β-unsaturated/α-hetero) is 2. The van der Waals surface area contributed by atoms with E-state index in [4.69, 9.17) is 58.8 Å². The van der Waals surface area contributed by atoms with Gasteiger partial charge in [-0.1, -0.05) is 6.92 Å². The number of nitrogens with two attached hydrogens (primary N) is 2. The van der Waals surface area contributed by atoms with E-state index in [9.17, 15) is 29.4 Å². The van der Waals surface area contributed by atoms with E-state index in [0.29, 0.717) is 114 Å². The number of carbonyl (C=O) groups excluding carboxylic acids is 4. The summed E-state index contributed by atoms with van der Waals surface area (Å²) in [6, 6.07) is 6.31. The Morgan fingerprint density at radius 3 is 1.51 bits per heavy atom. The molecular formula is C50H60N4Na2O16. The number of hydrogen-bond acceptors (Lipinski definition) is 20. The maximum absolute atomic E-state index is 13.7. The second kappa shape index (κ2) is 29.9. The minimum atomic E-state index is -1.46. The summed E-state index contributed by atoms with van der Waals surface area (Å²) in [7, 11) is 3.06. The van der Waals surface area contributed by atoms with Gasteiger partial charge in [-0.2, -0.15) is 0 Å². The minimum Gasteiger partial charge on any atom is -0.545 e. The summed E-state index contributed by atoms with van der Waals surface area (Å²) >= 11 is 0. The third-order valence-corrected chi connectivity index (χ3v) is 11.8. The summed E-state index contributed by atoms with van der Waals surface area (Å²) < 4.78 is 57.2. The van der Waals surface area contributed by atoms with Crippen LogP contribution in [0, 0.1) is 5.92 Å². The molecule has 4 atom stereocenters. The summed E-state index contributed by atoms with van der Waals surface area (Å²) in [4.78, 5) is 54.0. The van der Waals surface area contributed by atoms with Gasteiger partial charge in [-0.05, 0) is 73.2 Å². The maximum Gasteiger partial charge on any atom is 1.00 e. The zero-order chi connectivity index (χ0) is 50.2. The number of fused-ring (bicyclic) bond motifs is 2. The van der Waals surface area contributed by atoms with E-state index in [-0.39, 0.29) is 123 Å². The summed E-state index contributed by atoms with van der Waals surface area (Å²) in [5, 5.41) is 23.1. The van der Waals surface area contributed by atoms with Crippen LogP contribution < -0.4 is 80.8 Å². The zero-order valence-electron chi connectivity index (χ0n) is 41.7. The number of allylic oxidation sites excluding steroid dienone is 4. The Labute approximate surface area is 463 Å². The first-order chi connectivity index (χ1) is 33.9. The molecule has 20 nitrogen and oxygen atoms in total. The third kappa shape index (κ3) is 15.0. The van der Waals surface area contributed by atoms with E-state index < -0.39 is 30.1 Å². The number of nitrogen functional groups attached to an aromatic ring is 2. The molecule has 4 heterocycles. The fourth-order valence-corrected chi connectivity index (χ4v) is 8.44. The molecule has 0 aliphatic carbocycles. The molecular weight excluding hydrogens is 959 g/mol. The van der Waals surface area contributed by atoms with E-state index in [0.717, 1.165) is 0 Å². The van der Waals surface area contributed by atoms with Crippen LogP contribution in [0.4, 0.5) is 11.4 Å². The molecule has 0 bridgehead atoms. The van der Waals surface area contributed by atoms with Crippen LogP contribution in [0.3, 0.4) is 0 Å². The van der Waals surface area contributed by atoms with Crippen molar-refractivity contribution >= 4 is 34.9 Å². The molecule has 22 heteroatoms. The van der Waals surface area contributed by atoms with Crippen LogP contribution in [0.25, 0.3) is 0 Å². The van der Waals surface area contributed by atoms with Crippen molar-refractivity contribution < 1.29 is 136 Å². The first kappa shape index (κ1) is 59.9. The molecule has 72 heavy (non-hydrogen) atoms. The second-order valence-corrected chi connectivity index (χ2v) is 16.1. The van der Waals surface area contributed by atoms with E-state index in [1.54, 1.807) is 42.5 Å². The Morgan fingerprint density at radius 2 is 1.04 bits per heavy atom. The number of anilines is 2. The van der Waals surface area contributed by atoms with Crippen LogP contribution in [-0.2, 0) is 47.4 Å².